The van der Waals surface area contributed by atoms with E-state index in [0.29, 0.717) is 31.0 Å². The van der Waals surface area contributed by atoms with Crippen molar-refractivity contribution in [3.8, 4) is 0 Å². The second-order valence-corrected chi connectivity index (χ2v) is 6.43. The summed E-state index contributed by atoms with van der Waals surface area (Å²) in [7, 11) is 0. The largest absolute Gasteiger partial charge is 0.466 e. The number of amides is 2. The topological polar surface area (TPSA) is 84.9 Å². The van der Waals surface area contributed by atoms with E-state index in [9.17, 15) is 14.4 Å². The fraction of sp³-hybridized carbons (Fsp3) is 0.500. The van der Waals surface area contributed by atoms with Gasteiger partial charge >= 0.3 is 12.1 Å². The molecule has 1 N–H and O–H groups in total. The minimum atomic E-state index is -0.534. The Kier molecular flexibility index (Phi) is 7.72. The van der Waals surface area contributed by atoms with Gasteiger partial charge in [0.15, 0.2) is 0 Å². The van der Waals surface area contributed by atoms with E-state index in [2.05, 4.69) is 5.32 Å². The first kappa shape index (κ1) is 20.0. The van der Waals surface area contributed by atoms with Gasteiger partial charge in [0.1, 0.15) is 13.0 Å². The maximum Gasteiger partial charge on any atom is 0.410 e. The van der Waals surface area contributed by atoms with E-state index in [-0.39, 0.29) is 37.7 Å². The van der Waals surface area contributed by atoms with Gasteiger partial charge in [-0.15, -0.1) is 0 Å². The highest BCUT2D eigenvalue weighted by molar-refractivity contribution is 6.30. The molecule has 2 amide bonds. The number of carbonyl (C=O) groups is 3. The summed E-state index contributed by atoms with van der Waals surface area (Å²) in [4.78, 5) is 36.8. The number of halogens is 1. The Balaban J connectivity index is 1.68. The molecule has 1 fully saturated rings. The van der Waals surface area contributed by atoms with Crippen LogP contribution in [0.3, 0.4) is 0 Å². The van der Waals surface area contributed by atoms with Crippen molar-refractivity contribution in [2.24, 2.45) is 0 Å². The second-order valence-electron chi connectivity index (χ2n) is 5.99. The third-order valence-electron chi connectivity index (χ3n) is 4.00. The van der Waals surface area contributed by atoms with E-state index in [1.807, 2.05) is 0 Å². The van der Waals surface area contributed by atoms with Crippen LogP contribution in [0.1, 0.15) is 31.7 Å². The summed E-state index contributed by atoms with van der Waals surface area (Å²) < 4.78 is 10.0. The minimum Gasteiger partial charge on any atom is -0.466 e. The van der Waals surface area contributed by atoms with Crippen molar-refractivity contribution < 1.29 is 23.9 Å². The lowest BCUT2D eigenvalue weighted by Gasteiger charge is -2.31. The molecule has 0 unspecified atom stereocenters. The molecule has 1 heterocycles. The molecule has 0 aliphatic carbocycles. The molecular weight excluding hydrogens is 360 g/mol. The molecule has 0 saturated carbocycles. The van der Waals surface area contributed by atoms with Gasteiger partial charge in [0.05, 0.1) is 6.61 Å². The number of hydrogen-bond acceptors (Lipinski definition) is 5. The Morgan fingerprint density at radius 3 is 2.42 bits per heavy atom. The third-order valence-corrected chi connectivity index (χ3v) is 4.26. The normalized spacial score (nSPS) is 14.6. The summed E-state index contributed by atoms with van der Waals surface area (Å²) in [5, 5.41) is 3.43. The van der Waals surface area contributed by atoms with Crippen LogP contribution in [0.4, 0.5) is 4.79 Å². The van der Waals surface area contributed by atoms with Crippen molar-refractivity contribution in [3.05, 3.63) is 34.9 Å². The standard InChI is InChI=1S/C18H23ClN2O5/c1-2-25-17(23)11-16(22)20-15-7-9-21(10-8-15)18(24)26-12-13-3-5-14(19)6-4-13/h3-6,15H,2,7-12H2,1H3,(H,20,22). The van der Waals surface area contributed by atoms with Crippen LogP contribution in [0.5, 0.6) is 0 Å². The summed E-state index contributed by atoms with van der Waals surface area (Å²) in [6.45, 7) is 3.11. The van der Waals surface area contributed by atoms with Gasteiger partial charge in [0, 0.05) is 24.2 Å². The molecule has 1 aliphatic rings. The number of carbonyl (C=O) groups excluding carboxylic acids is 3. The number of likely N-dealkylation sites (tertiary alicyclic amines) is 1. The van der Waals surface area contributed by atoms with Gasteiger partial charge in [-0.25, -0.2) is 4.79 Å². The Morgan fingerprint density at radius 1 is 1.15 bits per heavy atom. The molecule has 0 aromatic heterocycles. The van der Waals surface area contributed by atoms with Crippen LogP contribution in [-0.2, 0) is 25.7 Å². The molecule has 0 spiro atoms. The summed E-state index contributed by atoms with van der Waals surface area (Å²) >= 11 is 5.82. The van der Waals surface area contributed by atoms with Crippen molar-refractivity contribution in [3.63, 3.8) is 0 Å². The molecule has 1 saturated heterocycles. The van der Waals surface area contributed by atoms with Crippen LogP contribution in [0.2, 0.25) is 5.02 Å². The van der Waals surface area contributed by atoms with Crippen molar-refractivity contribution in [1.82, 2.24) is 10.2 Å². The van der Waals surface area contributed by atoms with Crippen LogP contribution in [0, 0.1) is 0 Å². The zero-order valence-corrected chi connectivity index (χ0v) is 15.5. The lowest BCUT2D eigenvalue weighted by Crippen LogP contribution is -2.47. The molecule has 7 nitrogen and oxygen atoms in total. The Bertz CT molecular complexity index is 627. The lowest BCUT2D eigenvalue weighted by molar-refractivity contribution is -0.146. The number of benzene rings is 1. The molecule has 1 aromatic carbocycles. The molecular formula is C18H23ClN2O5. The van der Waals surface area contributed by atoms with Gasteiger partial charge in [0.2, 0.25) is 5.91 Å². The van der Waals surface area contributed by atoms with Crippen LogP contribution < -0.4 is 5.32 Å². The zero-order valence-electron chi connectivity index (χ0n) is 14.7. The van der Waals surface area contributed by atoms with Gasteiger partial charge in [-0.1, -0.05) is 23.7 Å². The van der Waals surface area contributed by atoms with E-state index in [0.717, 1.165) is 5.56 Å². The monoisotopic (exact) mass is 382 g/mol. The van der Waals surface area contributed by atoms with Crippen LogP contribution in [-0.4, -0.2) is 48.6 Å². The highest BCUT2D eigenvalue weighted by atomic mass is 35.5. The Labute approximate surface area is 157 Å². The van der Waals surface area contributed by atoms with Crippen molar-refractivity contribution in [2.75, 3.05) is 19.7 Å². The second kappa shape index (κ2) is 10.0. The van der Waals surface area contributed by atoms with Crippen LogP contribution in [0.15, 0.2) is 24.3 Å². The highest BCUT2D eigenvalue weighted by Gasteiger charge is 2.25. The first-order valence-electron chi connectivity index (χ1n) is 8.59. The van der Waals surface area contributed by atoms with Gasteiger partial charge in [-0.3, -0.25) is 9.59 Å². The first-order valence-corrected chi connectivity index (χ1v) is 8.97. The first-order chi connectivity index (χ1) is 12.5. The van der Waals surface area contributed by atoms with E-state index >= 15 is 0 Å². The lowest BCUT2D eigenvalue weighted by atomic mass is 10.1. The van der Waals surface area contributed by atoms with Crippen molar-refractivity contribution >= 4 is 29.6 Å². The minimum absolute atomic E-state index is 0.0581. The smallest absolute Gasteiger partial charge is 0.410 e. The molecule has 2 rings (SSSR count). The van der Waals surface area contributed by atoms with Crippen LogP contribution in [0.25, 0.3) is 0 Å². The Morgan fingerprint density at radius 2 is 1.81 bits per heavy atom. The van der Waals surface area contributed by atoms with E-state index in [1.54, 1.807) is 36.1 Å². The van der Waals surface area contributed by atoms with Gasteiger partial charge in [-0.05, 0) is 37.5 Å². The van der Waals surface area contributed by atoms with Crippen LogP contribution >= 0.6 is 11.6 Å². The molecule has 0 atom stereocenters. The van der Waals surface area contributed by atoms with Crippen molar-refractivity contribution in [2.45, 2.75) is 38.8 Å². The van der Waals surface area contributed by atoms with Gasteiger partial charge < -0.3 is 19.7 Å². The number of nitrogens with zero attached hydrogens (tertiary/aromatic N) is 1. The maximum absolute atomic E-state index is 12.1. The number of ether oxygens (including phenoxy) is 2. The van der Waals surface area contributed by atoms with Gasteiger partial charge in [-0.2, -0.15) is 0 Å². The number of esters is 1. The molecule has 8 heteroatoms. The molecule has 1 aliphatic heterocycles. The van der Waals surface area contributed by atoms with E-state index < -0.39 is 5.97 Å². The molecule has 0 bridgehead atoms. The summed E-state index contributed by atoms with van der Waals surface area (Å²) in [5.74, 6) is -0.888. The molecule has 142 valence electrons. The average Bonchev–Trinajstić information content (AvgIpc) is 2.61. The Hall–Kier alpha value is -2.28. The summed E-state index contributed by atoms with van der Waals surface area (Å²) in [5.41, 5.74) is 0.865. The van der Waals surface area contributed by atoms with E-state index in [1.165, 1.54) is 0 Å². The average molecular weight is 383 g/mol. The fourth-order valence-corrected chi connectivity index (χ4v) is 2.77. The molecule has 0 radical (unpaired) electrons. The fourth-order valence-electron chi connectivity index (χ4n) is 2.65. The number of rotatable bonds is 6. The predicted octanol–water partition coefficient (Wildman–Crippen LogP) is 2.51. The molecule has 1 aromatic rings. The molecule has 26 heavy (non-hydrogen) atoms. The van der Waals surface area contributed by atoms with Crippen molar-refractivity contribution in [1.29, 1.82) is 0 Å². The predicted molar refractivity (Wildman–Crippen MR) is 95.6 cm³/mol. The highest BCUT2D eigenvalue weighted by Crippen LogP contribution is 2.14. The quantitative estimate of drug-likeness (QED) is 0.603. The maximum atomic E-state index is 12.1. The third kappa shape index (κ3) is 6.55. The van der Waals surface area contributed by atoms with E-state index in [4.69, 9.17) is 21.1 Å². The summed E-state index contributed by atoms with van der Waals surface area (Å²) in [6, 6.07) is 7.05. The summed E-state index contributed by atoms with van der Waals surface area (Å²) in [6.07, 6.45) is 0.572. The SMILES string of the molecule is CCOC(=O)CC(=O)NC1CCN(C(=O)OCc2ccc(Cl)cc2)CC1. The van der Waals surface area contributed by atoms with Gasteiger partial charge in [0.25, 0.3) is 0 Å². The zero-order chi connectivity index (χ0) is 18.9. The number of nitrogens with one attached hydrogen (secondary N) is 1. The number of piperidine rings is 1. The number of hydrogen-bond donors (Lipinski definition) is 1.